The molecule has 0 amide bonds. The molecule has 7 heteroatoms. The third-order valence-corrected chi connectivity index (χ3v) is 5.34. The number of rotatable bonds is 5. The van der Waals surface area contributed by atoms with Crippen LogP contribution in [0.4, 0.5) is 5.69 Å². The number of hydrogen-bond donors (Lipinski definition) is 4. The van der Waals surface area contributed by atoms with E-state index >= 15 is 0 Å². The first-order chi connectivity index (χ1) is 13.9. The third-order valence-electron chi connectivity index (χ3n) is 5.34. The Labute approximate surface area is 172 Å². The van der Waals surface area contributed by atoms with Crippen LogP contribution in [0.2, 0.25) is 0 Å². The number of nitrogens with one attached hydrogen (secondary N) is 1. The zero-order valence-electron chi connectivity index (χ0n) is 17.4. The Morgan fingerprint density at radius 1 is 1.07 bits per heavy atom. The van der Waals surface area contributed by atoms with Gasteiger partial charge in [-0.3, -0.25) is 4.90 Å². The number of aromatic hydroxyl groups is 2. The molecule has 5 N–H and O–H groups in total. The predicted octanol–water partition coefficient (Wildman–Crippen LogP) is 2.51. The number of hydrazine groups is 1. The van der Waals surface area contributed by atoms with Gasteiger partial charge in [-0.15, -0.1) is 0 Å². The smallest absolute Gasteiger partial charge is 0.151 e. The monoisotopic (exact) mass is 397 g/mol. The molecule has 0 unspecified atom stereocenters. The molecule has 1 aliphatic heterocycles. The highest BCUT2D eigenvalue weighted by Crippen LogP contribution is 2.32. The summed E-state index contributed by atoms with van der Waals surface area (Å²) in [5, 5.41) is 20.3. The number of aliphatic imine (C=N–C) groups is 1. The molecule has 1 saturated heterocycles. The lowest BCUT2D eigenvalue weighted by molar-refractivity contribution is 0.148. The minimum atomic E-state index is -0.0738. The lowest BCUT2D eigenvalue weighted by Crippen LogP contribution is -2.43. The summed E-state index contributed by atoms with van der Waals surface area (Å²) >= 11 is 0. The fourth-order valence-corrected chi connectivity index (χ4v) is 3.49. The molecule has 7 nitrogen and oxygen atoms in total. The summed E-state index contributed by atoms with van der Waals surface area (Å²) in [6.45, 7) is 9.23. The second-order valence-electron chi connectivity index (χ2n) is 7.93. The summed E-state index contributed by atoms with van der Waals surface area (Å²) in [6, 6.07) is 11.1. The number of nitrogens with two attached hydrogens (primary N) is 1. The van der Waals surface area contributed by atoms with Gasteiger partial charge >= 0.3 is 0 Å². The van der Waals surface area contributed by atoms with Crippen molar-refractivity contribution >= 4 is 11.5 Å². The SMILES string of the molecule is CC(C)c1cc(C(=Nc2ccc(CN3CCN(C)CC3)cc2)NN)c(O)cc1O. The van der Waals surface area contributed by atoms with E-state index in [0.717, 1.165) is 44.0 Å². The van der Waals surface area contributed by atoms with Gasteiger partial charge in [0.2, 0.25) is 0 Å². The van der Waals surface area contributed by atoms with Crippen LogP contribution >= 0.6 is 0 Å². The average molecular weight is 398 g/mol. The molecule has 1 fully saturated rings. The minimum Gasteiger partial charge on any atom is -0.508 e. The van der Waals surface area contributed by atoms with Crippen molar-refractivity contribution in [2.75, 3.05) is 33.2 Å². The van der Waals surface area contributed by atoms with Crippen LogP contribution in [0.3, 0.4) is 0 Å². The van der Waals surface area contributed by atoms with E-state index in [-0.39, 0.29) is 17.4 Å². The quantitative estimate of drug-likeness (QED) is 0.268. The maximum atomic E-state index is 10.3. The summed E-state index contributed by atoms with van der Waals surface area (Å²) in [5.41, 5.74) is 5.73. The van der Waals surface area contributed by atoms with Gasteiger partial charge in [-0.05, 0) is 42.3 Å². The Morgan fingerprint density at radius 2 is 1.72 bits per heavy atom. The Hall–Kier alpha value is -2.61. The van der Waals surface area contributed by atoms with Crippen molar-refractivity contribution in [3.05, 3.63) is 53.1 Å². The molecular formula is C22H31N5O2. The van der Waals surface area contributed by atoms with Gasteiger partial charge in [-0.1, -0.05) is 26.0 Å². The first-order valence-electron chi connectivity index (χ1n) is 9.98. The Morgan fingerprint density at radius 3 is 2.31 bits per heavy atom. The summed E-state index contributed by atoms with van der Waals surface area (Å²) in [6.07, 6.45) is 0. The Balaban J connectivity index is 1.78. The van der Waals surface area contributed by atoms with Gasteiger partial charge in [0.1, 0.15) is 11.5 Å². The Kier molecular flexibility index (Phi) is 6.74. The third kappa shape index (κ3) is 5.26. The maximum absolute atomic E-state index is 10.3. The number of phenols is 2. The van der Waals surface area contributed by atoms with E-state index in [9.17, 15) is 10.2 Å². The van der Waals surface area contributed by atoms with Crippen molar-refractivity contribution in [3.8, 4) is 11.5 Å². The van der Waals surface area contributed by atoms with Crippen molar-refractivity contribution in [2.24, 2.45) is 10.8 Å². The number of nitrogens with zero attached hydrogens (tertiary/aromatic N) is 3. The molecule has 2 aromatic carbocycles. The fourth-order valence-electron chi connectivity index (χ4n) is 3.49. The van der Waals surface area contributed by atoms with Crippen LogP contribution in [0.25, 0.3) is 0 Å². The number of amidine groups is 1. The van der Waals surface area contributed by atoms with E-state index in [4.69, 9.17) is 5.84 Å². The molecule has 2 aromatic rings. The molecular weight excluding hydrogens is 366 g/mol. The van der Waals surface area contributed by atoms with Crippen molar-refractivity contribution in [1.82, 2.24) is 15.2 Å². The molecule has 0 atom stereocenters. The van der Waals surface area contributed by atoms with Gasteiger partial charge in [-0.2, -0.15) is 0 Å². The average Bonchev–Trinajstić information content (AvgIpc) is 2.69. The van der Waals surface area contributed by atoms with E-state index in [1.807, 2.05) is 26.0 Å². The highest BCUT2D eigenvalue weighted by Gasteiger charge is 2.16. The highest BCUT2D eigenvalue weighted by molar-refractivity contribution is 6.02. The van der Waals surface area contributed by atoms with E-state index in [1.165, 1.54) is 11.6 Å². The lowest BCUT2D eigenvalue weighted by Gasteiger charge is -2.32. The van der Waals surface area contributed by atoms with Gasteiger partial charge in [0.05, 0.1) is 11.3 Å². The van der Waals surface area contributed by atoms with Crippen molar-refractivity contribution < 1.29 is 10.2 Å². The molecule has 0 aliphatic carbocycles. The van der Waals surface area contributed by atoms with Crippen LogP contribution in [0.15, 0.2) is 41.4 Å². The number of benzene rings is 2. The molecule has 0 saturated carbocycles. The zero-order valence-corrected chi connectivity index (χ0v) is 17.4. The van der Waals surface area contributed by atoms with Crippen LogP contribution in [0, 0.1) is 0 Å². The molecule has 0 radical (unpaired) electrons. The van der Waals surface area contributed by atoms with E-state index in [0.29, 0.717) is 11.4 Å². The summed E-state index contributed by atoms with van der Waals surface area (Å²) in [5.74, 6) is 6.12. The van der Waals surface area contributed by atoms with Crippen LogP contribution in [-0.2, 0) is 6.54 Å². The summed E-state index contributed by atoms with van der Waals surface area (Å²) < 4.78 is 0. The molecule has 1 heterocycles. The van der Waals surface area contributed by atoms with Crippen molar-refractivity contribution in [1.29, 1.82) is 0 Å². The number of hydrogen-bond acceptors (Lipinski definition) is 6. The lowest BCUT2D eigenvalue weighted by atomic mass is 9.98. The van der Waals surface area contributed by atoms with Crippen LogP contribution in [-0.4, -0.2) is 59.1 Å². The van der Waals surface area contributed by atoms with Gasteiger partial charge in [0, 0.05) is 38.8 Å². The van der Waals surface area contributed by atoms with Crippen LogP contribution in [0.5, 0.6) is 11.5 Å². The van der Waals surface area contributed by atoms with Gasteiger partial charge in [0.25, 0.3) is 0 Å². The van der Waals surface area contributed by atoms with E-state index in [1.54, 1.807) is 6.07 Å². The van der Waals surface area contributed by atoms with Crippen LogP contribution < -0.4 is 11.3 Å². The normalized spacial score (nSPS) is 16.4. The molecule has 0 aromatic heterocycles. The van der Waals surface area contributed by atoms with E-state index < -0.39 is 0 Å². The zero-order chi connectivity index (χ0) is 21.0. The van der Waals surface area contributed by atoms with Crippen molar-refractivity contribution in [3.63, 3.8) is 0 Å². The maximum Gasteiger partial charge on any atom is 0.151 e. The van der Waals surface area contributed by atoms with E-state index in [2.05, 4.69) is 39.4 Å². The second kappa shape index (κ2) is 9.26. The number of piperazine rings is 1. The Bertz CT molecular complexity index is 856. The molecule has 3 rings (SSSR count). The summed E-state index contributed by atoms with van der Waals surface area (Å²) in [4.78, 5) is 9.35. The minimum absolute atomic E-state index is 0.0610. The molecule has 0 bridgehead atoms. The van der Waals surface area contributed by atoms with Gasteiger partial charge in [0.15, 0.2) is 5.84 Å². The predicted molar refractivity (Wildman–Crippen MR) is 117 cm³/mol. The highest BCUT2D eigenvalue weighted by atomic mass is 16.3. The number of likely N-dealkylation sites (N-methyl/N-ethyl adjacent to an activating group) is 1. The molecule has 1 aliphatic rings. The van der Waals surface area contributed by atoms with Crippen LogP contribution in [0.1, 0.15) is 36.5 Å². The van der Waals surface area contributed by atoms with Gasteiger partial charge in [-0.25, -0.2) is 10.8 Å². The second-order valence-corrected chi connectivity index (χ2v) is 7.93. The molecule has 156 valence electrons. The largest absolute Gasteiger partial charge is 0.508 e. The molecule has 0 spiro atoms. The molecule has 29 heavy (non-hydrogen) atoms. The van der Waals surface area contributed by atoms with Gasteiger partial charge < -0.3 is 20.5 Å². The summed E-state index contributed by atoms with van der Waals surface area (Å²) in [7, 11) is 2.16. The van der Waals surface area contributed by atoms with Crippen molar-refractivity contribution in [2.45, 2.75) is 26.3 Å². The number of phenolic OH excluding ortho intramolecular Hbond substituents is 2. The first-order valence-corrected chi connectivity index (χ1v) is 9.98. The standard InChI is InChI=1S/C22H31N5O2/c1-15(2)18-12-19(21(29)13-20(18)28)22(25-23)24-17-6-4-16(5-7-17)14-27-10-8-26(3)9-11-27/h4-7,12-13,15,28-29H,8-11,14,23H2,1-3H3,(H,24,25). The first kappa shape index (κ1) is 21.1. The fraction of sp³-hybridized carbons (Fsp3) is 0.409. The topological polar surface area (TPSA) is 97.4 Å².